The molecule has 0 aliphatic rings. The normalized spacial score (nSPS) is 10.1. The molecule has 0 bridgehead atoms. The zero-order chi connectivity index (χ0) is 15.4. The van der Waals surface area contributed by atoms with Gasteiger partial charge in [-0.15, -0.1) is 0 Å². The minimum atomic E-state index is -1.22. The Morgan fingerprint density at radius 3 is 2.67 bits per heavy atom. The molecule has 0 saturated heterocycles. The molecule has 0 spiro atoms. The average Bonchev–Trinajstić information content (AvgIpc) is 2.44. The van der Waals surface area contributed by atoms with Crippen LogP contribution in [0.2, 0.25) is 0 Å². The number of rotatable bonds is 5. The molecule has 0 aromatic heterocycles. The highest BCUT2D eigenvalue weighted by Gasteiger charge is 2.18. The molecule has 0 heterocycles. The quantitative estimate of drug-likeness (QED) is 0.675. The topological polar surface area (TPSA) is 89.7 Å². The van der Waals surface area contributed by atoms with Gasteiger partial charge in [0.05, 0.1) is 10.5 Å². The molecule has 2 aromatic carbocycles. The van der Waals surface area contributed by atoms with E-state index in [0.29, 0.717) is 5.56 Å². The van der Waals surface area contributed by atoms with Crippen molar-refractivity contribution in [1.82, 2.24) is 0 Å². The second-order valence-electron chi connectivity index (χ2n) is 4.16. The summed E-state index contributed by atoms with van der Waals surface area (Å²) >= 11 is 0. The van der Waals surface area contributed by atoms with E-state index in [1.165, 1.54) is 18.2 Å². The van der Waals surface area contributed by atoms with E-state index >= 15 is 0 Å². The lowest BCUT2D eigenvalue weighted by Crippen LogP contribution is -2.02. The maximum atomic E-state index is 13.0. The number of nitrogens with zero attached hydrogens (tertiary/aromatic N) is 1. The number of nitro benzene ring substituents is 1. The molecule has 2 aromatic rings. The summed E-state index contributed by atoms with van der Waals surface area (Å²) in [7, 11) is 0. The fourth-order valence-electron chi connectivity index (χ4n) is 1.70. The third-order valence-corrected chi connectivity index (χ3v) is 2.69. The highest BCUT2D eigenvalue weighted by molar-refractivity contribution is 5.88. The maximum Gasteiger partial charge on any atom is 0.335 e. The molecule has 0 unspecified atom stereocenters. The molecular formula is C14H10FNO5. The molecule has 7 heteroatoms. The van der Waals surface area contributed by atoms with Crippen LogP contribution in [0, 0.1) is 15.9 Å². The van der Waals surface area contributed by atoms with Crippen LogP contribution >= 0.6 is 0 Å². The van der Waals surface area contributed by atoms with Crippen molar-refractivity contribution in [1.29, 1.82) is 0 Å². The number of hydrogen-bond acceptors (Lipinski definition) is 4. The minimum absolute atomic E-state index is 0.109. The summed E-state index contributed by atoms with van der Waals surface area (Å²) < 4.78 is 18.3. The molecule has 0 saturated carbocycles. The Balaban J connectivity index is 2.26. The van der Waals surface area contributed by atoms with E-state index in [4.69, 9.17) is 9.84 Å². The van der Waals surface area contributed by atoms with Gasteiger partial charge in [-0.25, -0.2) is 9.18 Å². The van der Waals surface area contributed by atoms with Crippen molar-refractivity contribution < 1.29 is 24.0 Å². The first-order valence-corrected chi connectivity index (χ1v) is 5.86. The summed E-state index contributed by atoms with van der Waals surface area (Å²) in [6.45, 7) is -0.109. The van der Waals surface area contributed by atoms with E-state index in [1.807, 2.05) is 0 Å². The fourth-order valence-corrected chi connectivity index (χ4v) is 1.70. The first-order chi connectivity index (χ1) is 9.97. The predicted octanol–water partition coefficient (Wildman–Crippen LogP) is 3.01. The van der Waals surface area contributed by atoms with Gasteiger partial charge in [-0.05, 0) is 23.8 Å². The summed E-state index contributed by atoms with van der Waals surface area (Å²) in [5.41, 5.74) is -0.00345. The second kappa shape index (κ2) is 6.00. The number of nitro groups is 1. The van der Waals surface area contributed by atoms with Crippen molar-refractivity contribution in [3.8, 4) is 5.75 Å². The van der Waals surface area contributed by atoms with Gasteiger partial charge in [0.15, 0.2) is 5.75 Å². The molecule has 0 atom stereocenters. The van der Waals surface area contributed by atoms with E-state index < -0.39 is 16.7 Å². The molecule has 0 aliphatic carbocycles. The zero-order valence-corrected chi connectivity index (χ0v) is 10.7. The number of aromatic carboxylic acids is 1. The van der Waals surface area contributed by atoms with Gasteiger partial charge in [0.1, 0.15) is 12.4 Å². The Morgan fingerprint density at radius 1 is 1.29 bits per heavy atom. The Kier molecular flexibility index (Phi) is 4.13. The lowest BCUT2D eigenvalue weighted by atomic mass is 10.2. The van der Waals surface area contributed by atoms with Crippen molar-refractivity contribution in [3.63, 3.8) is 0 Å². The standard InChI is InChI=1S/C14H10FNO5/c15-11-3-1-2-9(6-11)8-21-13-7-10(14(17)18)4-5-12(13)16(19)20/h1-7H,8H2,(H,17,18). The lowest BCUT2D eigenvalue weighted by Gasteiger charge is -2.08. The van der Waals surface area contributed by atoms with Crippen LogP contribution in [-0.2, 0) is 6.61 Å². The lowest BCUT2D eigenvalue weighted by molar-refractivity contribution is -0.385. The number of ether oxygens (including phenoxy) is 1. The molecule has 0 aliphatic heterocycles. The van der Waals surface area contributed by atoms with Gasteiger partial charge in [-0.2, -0.15) is 0 Å². The van der Waals surface area contributed by atoms with Gasteiger partial charge in [0.25, 0.3) is 0 Å². The van der Waals surface area contributed by atoms with Gasteiger partial charge >= 0.3 is 11.7 Å². The van der Waals surface area contributed by atoms with Crippen molar-refractivity contribution in [2.75, 3.05) is 0 Å². The largest absolute Gasteiger partial charge is 0.482 e. The first kappa shape index (κ1) is 14.4. The summed E-state index contributed by atoms with van der Waals surface area (Å²) in [6.07, 6.45) is 0. The van der Waals surface area contributed by atoms with Gasteiger partial charge in [-0.1, -0.05) is 12.1 Å². The van der Waals surface area contributed by atoms with Crippen LogP contribution in [0.25, 0.3) is 0 Å². The number of halogens is 1. The molecule has 2 rings (SSSR count). The summed E-state index contributed by atoms with van der Waals surface area (Å²) in [5, 5.41) is 19.8. The number of carboxylic acid groups (broad SMARTS) is 1. The Labute approximate surface area is 118 Å². The summed E-state index contributed by atoms with van der Waals surface area (Å²) in [6, 6.07) is 8.82. The molecule has 0 radical (unpaired) electrons. The van der Waals surface area contributed by atoms with Crippen LogP contribution in [-0.4, -0.2) is 16.0 Å². The number of carboxylic acids is 1. The molecule has 0 fully saturated rings. The Bertz CT molecular complexity index is 702. The van der Waals surface area contributed by atoms with Crippen molar-refractivity contribution in [2.24, 2.45) is 0 Å². The molecule has 6 nitrogen and oxygen atoms in total. The Hall–Kier alpha value is -2.96. The van der Waals surface area contributed by atoms with Gasteiger partial charge in [0, 0.05) is 12.1 Å². The number of carbonyl (C=O) groups is 1. The van der Waals surface area contributed by atoms with Crippen LogP contribution in [0.3, 0.4) is 0 Å². The second-order valence-corrected chi connectivity index (χ2v) is 4.16. The van der Waals surface area contributed by atoms with Crippen LogP contribution in [0.1, 0.15) is 15.9 Å². The summed E-state index contributed by atoms with van der Waals surface area (Å²) in [4.78, 5) is 21.1. The minimum Gasteiger partial charge on any atom is -0.482 e. The molecule has 21 heavy (non-hydrogen) atoms. The van der Waals surface area contributed by atoms with Crippen molar-refractivity contribution >= 4 is 11.7 Å². The zero-order valence-electron chi connectivity index (χ0n) is 10.7. The number of hydrogen-bond donors (Lipinski definition) is 1. The van der Waals surface area contributed by atoms with E-state index in [1.54, 1.807) is 6.07 Å². The van der Waals surface area contributed by atoms with Crippen LogP contribution in [0.5, 0.6) is 5.75 Å². The van der Waals surface area contributed by atoms with Gasteiger partial charge < -0.3 is 9.84 Å². The van der Waals surface area contributed by atoms with Crippen molar-refractivity contribution in [3.05, 3.63) is 69.5 Å². The smallest absolute Gasteiger partial charge is 0.335 e. The predicted molar refractivity (Wildman–Crippen MR) is 70.8 cm³/mol. The van der Waals surface area contributed by atoms with Gasteiger partial charge in [-0.3, -0.25) is 10.1 Å². The van der Waals surface area contributed by atoms with E-state index in [0.717, 1.165) is 18.2 Å². The molecule has 0 amide bonds. The third-order valence-electron chi connectivity index (χ3n) is 2.69. The Morgan fingerprint density at radius 2 is 2.05 bits per heavy atom. The number of benzene rings is 2. The molecule has 1 N–H and O–H groups in total. The fraction of sp³-hybridized carbons (Fsp3) is 0.0714. The highest BCUT2D eigenvalue weighted by atomic mass is 19.1. The molecule has 108 valence electrons. The summed E-state index contributed by atoms with van der Waals surface area (Å²) in [5.74, 6) is -1.85. The van der Waals surface area contributed by atoms with E-state index in [-0.39, 0.29) is 23.6 Å². The van der Waals surface area contributed by atoms with E-state index in [2.05, 4.69) is 0 Å². The molecular weight excluding hydrogens is 281 g/mol. The third kappa shape index (κ3) is 3.53. The van der Waals surface area contributed by atoms with Gasteiger partial charge in [0.2, 0.25) is 0 Å². The first-order valence-electron chi connectivity index (χ1n) is 5.86. The average molecular weight is 291 g/mol. The van der Waals surface area contributed by atoms with Crippen LogP contribution in [0.4, 0.5) is 10.1 Å². The highest BCUT2D eigenvalue weighted by Crippen LogP contribution is 2.28. The maximum absolute atomic E-state index is 13.0. The monoisotopic (exact) mass is 291 g/mol. The van der Waals surface area contributed by atoms with E-state index in [9.17, 15) is 19.3 Å². The van der Waals surface area contributed by atoms with Crippen LogP contribution < -0.4 is 4.74 Å². The van der Waals surface area contributed by atoms with Crippen LogP contribution in [0.15, 0.2) is 42.5 Å². The SMILES string of the molecule is O=C(O)c1ccc([N+](=O)[O-])c(OCc2cccc(F)c2)c1. The van der Waals surface area contributed by atoms with Crippen molar-refractivity contribution in [2.45, 2.75) is 6.61 Å².